The van der Waals surface area contributed by atoms with Crippen LogP contribution in [0, 0.1) is 0 Å². The van der Waals surface area contributed by atoms with Crippen molar-refractivity contribution in [2.75, 3.05) is 45.9 Å². The van der Waals surface area contributed by atoms with Gasteiger partial charge in [0.1, 0.15) is 0 Å². The fraction of sp³-hybridized carbons (Fsp3) is 0.867. The summed E-state index contributed by atoms with van der Waals surface area (Å²) in [6.45, 7) is 7.51. The number of nitrogens with zero attached hydrogens (tertiary/aromatic N) is 2. The van der Waals surface area contributed by atoms with Crippen LogP contribution >= 0.6 is 24.8 Å². The van der Waals surface area contributed by atoms with E-state index in [2.05, 4.69) is 10.2 Å². The zero-order valence-electron chi connectivity index (χ0n) is 14.2. The smallest absolute Gasteiger partial charge is 0.224 e. The first-order valence-electron chi connectivity index (χ1n) is 8.17. The van der Waals surface area contributed by atoms with Gasteiger partial charge in [-0.1, -0.05) is 0 Å². The van der Waals surface area contributed by atoms with Crippen LogP contribution in [0.1, 0.15) is 26.2 Å². The maximum atomic E-state index is 12.0. The number of morpholine rings is 1. The summed E-state index contributed by atoms with van der Waals surface area (Å²) in [5.74, 6) is 0.121. The van der Waals surface area contributed by atoms with Crippen molar-refractivity contribution in [1.82, 2.24) is 15.1 Å². The Morgan fingerprint density at radius 2 is 2.00 bits per heavy atom. The van der Waals surface area contributed by atoms with Crippen LogP contribution in [-0.2, 0) is 14.3 Å². The van der Waals surface area contributed by atoms with Crippen molar-refractivity contribution in [2.24, 2.45) is 5.73 Å². The second-order valence-electron chi connectivity index (χ2n) is 6.28. The SMILES string of the molecule is CC(N)CCC(=O)NC1CC(=O)N(CCN2CCOCC2)C1.Cl.Cl. The van der Waals surface area contributed by atoms with Crippen LogP contribution in [0.2, 0.25) is 0 Å². The summed E-state index contributed by atoms with van der Waals surface area (Å²) < 4.78 is 5.31. The molecule has 2 fully saturated rings. The topological polar surface area (TPSA) is 87.9 Å². The Morgan fingerprint density at radius 1 is 1.33 bits per heavy atom. The van der Waals surface area contributed by atoms with E-state index in [-0.39, 0.29) is 48.7 Å². The molecule has 2 atom stereocenters. The molecule has 2 amide bonds. The lowest BCUT2D eigenvalue weighted by Crippen LogP contribution is -2.43. The normalized spacial score (nSPS) is 22.5. The van der Waals surface area contributed by atoms with Crippen molar-refractivity contribution in [1.29, 1.82) is 0 Å². The standard InChI is InChI=1S/C15H28N4O3.2ClH/c1-12(16)2-3-14(20)17-13-10-15(21)19(11-13)5-4-18-6-8-22-9-7-18;;/h12-13H,2-11,16H2,1H3,(H,17,20);2*1H. The summed E-state index contributed by atoms with van der Waals surface area (Å²) in [6.07, 6.45) is 1.51. The molecule has 2 saturated heterocycles. The fourth-order valence-electron chi connectivity index (χ4n) is 2.83. The second kappa shape index (κ2) is 11.9. The monoisotopic (exact) mass is 384 g/mol. The number of rotatable bonds is 7. The maximum Gasteiger partial charge on any atom is 0.224 e. The molecule has 2 aliphatic rings. The Kier molecular flexibility index (Phi) is 11.6. The van der Waals surface area contributed by atoms with Crippen LogP contribution in [0.4, 0.5) is 0 Å². The van der Waals surface area contributed by atoms with Gasteiger partial charge in [-0.3, -0.25) is 14.5 Å². The van der Waals surface area contributed by atoms with Gasteiger partial charge in [0.05, 0.1) is 19.3 Å². The first-order valence-corrected chi connectivity index (χ1v) is 8.17. The molecule has 0 radical (unpaired) electrons. The average molecular weight is 385 g/mol. The van der Waals surface area contributed by atoms with Gasteiger partial charge in [0, 0.05) is 51.6 Å². The highest BCUT2D eigenvalue weighted by atomic mass is 35.5. The summed E-state index contributed by atoms with van der Waals surface area (Å²) in [7, 11) is 0. The van der Waals surface area contributed by atoms with Gasteiger partial charge in [0.2, 0.25) is 11.8 Å². The lowest BCUT2D eigenvalue weighted by Gasteiger charge is -2.28. The third kappa shape index (κ3) is 7.98. The highest BCUT2D eigenvalue weighted by Gasteiger charge is 2.30. The van der Waals surface area contributed by atoms with Gasteiger partial charge in [0.25, 0.3) is 0 Å². The van der Waals surface area contributed by atoms with Gasteiger partial charge >= 0.3 is 0 Å². The number of amides is 2. The number of ether oxygens (including phenoxy) is 1. The van der Waals surface area contributed by atoms with Crippen molar-refractivity contribution in [3.8, 4) is 0 Å². The molecule has 24 heavy (non-hydrogen) atoms. The van der Waals surface area contributed by atoms with Crippen LogP contribution in [0.5, 0.6) is 0 Å². The Balaban J connectivity index is 0.00000264. The van der Waals surface area contributed by atoms with E-state index in [1.54, 1.807) is 0 Å². The zero-order valence-corrected chi connectivity index (χ0v) is 15.9. The molecule has 0 aromatic carbocycles. The third-order valence-electron chi connectivity index (χ3n) is 4.20. The Bertz CT molecular complexity index is 393. The minimum absolute atomic E-state index is 0. The molecule has 0 aliphatic carbocycles. The van der Waals surface area contributed by atoms with Gasteiger partial charge in [0.15, 0.2) is 0 Å². The van der Waals surface area contributed by atoms with E-state index in [1.807, 2.05) is 11.8 Å². The van der Waals surface area contributed by atoms with E-state index in [9.17, 15) is 9.59 Å². The number of nitrogens with one attached hydrogen (secondary N) is 1. The summed E-state index contributed by atoms with van der Waals surface area (Å²) in [5.41, 5.74) is 5.65. The van der Waals surface area contributed by atoms with E-state index < -0.39 is 0 Å². The van der Waals surface area contributed by atoms with Gasteiger partial charge in [-0.2, -0.15) is 0 Å². The van der Waals surface area contributed by atoms with E-state index in [0.717, 1.165) is 39.4 Å². The van der Waals surface area contributed by atoms with Crippen molar-refractivity contribution in [3.05, 3.63) is 0 Å². The van der Waals surface area contributed by atoms with Crippen LogP contribution in [0.15, 0.2) is 0 Å². The van der Waals surface area contributed by atoms with Gasteiger partial charge in [-0.15, -0.1) is 24.8 Å². The number of halogens is 2. The number of hydrogen-bond donors (Lipinski definition) is 2. The predicted octanol–water partition coefficient (Wildman–Crippen LogP) is 0.00670. The summed E-state index contributed by atoms with van der Waals surface area (Å²) in [6, 6.07) is -0.0289. The fourth-order valence-corrected chi connectivity index (χ4v) is 2.83. The van der Waals surface area contributed by atoms with E-state index in [1.165, 1.54) is 0 Å². The first kappa shape index (κ1) is 23.4. The van der Waals surface area contributed by atoms with Crippen molar-refractivity contribution >= 4 is 36.6 Å². The lowest BCUT2D eigenvalue weighted by molar-refractivity contribution is -0.128. The molecule has 0 bridgehead atoms. The first-order chi connectivity index (χ1) is 10.5. The van der Waals surface area contributed by atoms with Crippen molar-refractivity contribution in [3.63, 3.8) is 0 Å². The number of likely N-dealkylation sites (tertiary alicyclic amines) is 1. The van der Waals surface area contributed by atoms with Gasteiger partial charge in [-0.25, -0.2) is 0 Å². The summed E-state index contributed by atoms with van der Waals surface area (Å²) in [4.78, 5) is 28.0. The van der Waals surface area contributed by atoms with E-state index in [4.69, 9.17) is 10.5 Å². The average Bonchev–Trinajstić information content (AvgIpc) is 2.84. The molecule has 142 valence electrons. The van der Waals surface area contributed by atoms with Crippen LogP contribution in [0.25, 0.3) is 0 Å². The molecule has 2 rings (SSSR count). The molecular weight excluding hydrogens is 355 g/mol. The zero-order chi connectivity index (χ0) is 15.9. The number of hydrogen-bond acceptors (Lipinski definition) is 5. The Labute approximate surface area is 156 Å². The minimum Gasteiger partial charge on any atom is -0.379 e. The summed E-state index contributed by atoms with van der Waals surface area (Å²) in [5, 5.41) is 2.94. The van der Waals surface area contributed by atoms with Gasteiger partial charge < -0.3 is 20.7 Å². The van der Waals surface area contributed by atoms with Crippen molar-refractivity contribution in [2.45, 2.75) is 38.3 Å². The highest BCUT2D eigenvalue weighted by molar-refractivity contribution is 5.85. The number of carbonyl (C=O) groups is 2. The molecule has 7 nitrogen and oxygen atoms in total. The Hall–Kier alpha value is -0.600. The number of carbonyl (C=O) groups excluding carboxylic acids is 2. The minimum atomic E-state index is -0.0576. The molecule has 9 heteroatoms. The largest absolute Gasteiger partial charge is 0.379 e. The van der Waals surface area contributed by atoms with Crippen LogP contribution in [0.3, 0.4) is 0 Å². The van der Waals surface area contributed by atoms with Crippen molar-refractivity contribution < 1.29 is 14.3 Å². The van der Waals surface area contributed by atoms with Gasteiger partial charge in [-0.05, 0) is 13.3 Å². The molecular formula is C15H30Cl2N4O3. The molecule has 0 aromatic rings. The second-order valence-corrected chi connectivity index (χ2v) is 6.28. The molecule has 0 saturated carbocycles. The Morgan fingerprint density at radius 3 is 2.62 bits per heavy atom. The van der Waals surface area contributed by atoms with E-state index >= 15 is 0 Å². The highest BCUT2D eigenvalue weighted by Crippen LogP contribution is 2.12. The van der Waals surface area contributed by atoms with Crippen LogP contribution in [-0.4, -0.2) is 79.6 Å². The quantitative estimate of drug-likeness (QED) is 0.645. The third-order valence-corrected chi connectivity index (χ3v) is 4.20. The molecule has 2 aliphatic heterocycles. The molecule has 2 unspecified atom stereocenters. The molecule has 2 heterocycles. The number of nitrogens with two attached hydrogens (primary N) is 1. The lowest BCUT2D eigenvalue weighted by atomic mass is 10.2. The summed E-state index contributed by atoms with van der Waals surface area (Å²) >= 11 is 0. The maximum absolute atomic E-state index is 12.0. The van der Waals surface area contributed by atoms with E-state index in [0.29, 0.717) is 25.8 Å². The molecule has 3 N–H and O–H groups in total. The molecule has 0 spiro atoms. The predicted molar refractivity (Wildman–Crippen MR) is 97.8 cm³/mol. The molecule has 0 aromatic heterocycles. The van der Waals surface area contributed by atoms with Crippen LogP contribution < -0.4 is 11.1 Å².